The lowest BCUT2D eigenvalue weighted by Gasteiger charge is -2.07. The summed E-state index contributed by atoms with van der Waals surface area (Å²) in [6, 6.07) is 0.333. The van der Waals surface area contributed by atoms with E-state index in [0.29, 0.717) is 6.04 Å². The van der Waals surface area contributed by atoms with Crippen LogP contribution in [-0.2, 0) is 19.1 Å². The van der Waals surface area contributed by atoms with Crippen molar-refractivity contribution in [3.63, 3.8) is 0 Å². The van der Waals surface area contributed by atoms with E-state index >= 15 is 0 Å². The Morgan fingerprint density at radius 3 is 1.69 bits per heavy atom. The number of cyclic esters (lactones) is 2. The summed E-state index contributed by atoms with van der Waals surface area (Å²) in [6.45, 7) is 3.68. The molecule has 1 fully saturated rings. The Labute approximate surface area is 77.0 Å². The molecule has 6 nitrogen and oxygen atoms in total. The summed E-state index contributed by atoms with van der Waals surface area (Å²) in [7, 11) is 0. The van der Waals surface area contributed by atoms with Crippen LogP contribution in [0.4, 0.5) is 0 Å². The maximum absolute atomic E-state index is 10.1. The van der Waals surface area contributed by atoms with Gasteiger partial charge in [0, 0.05) is 0 Å². The van der Waals surface area contributed by atoms with Crippen LogP contribution in [-0.4, -0.2) is 31.2 Å². The number of hydrogen-bond acceptors (Lipinski definition) is 6. The third kappa shape index (κ3) is 11.0. The largest absolute Gasteiger partial charge is 0.390 e. The second-order valence-electron chi connectivity index (χ2n) is 2.58. The fourth-order valence-electron chi connectivity index (χ4n) is 0.404. The van der Waals surface area contributed by atoms with Gasteiger partial charge in [0.1, 0.15) is 13.2 Å². The lowest BCUT2D eigenvalue weighted by molar-refractivity contribution is -0.174. The Morgan fingerprint density at radius 2 is 1.54 bits per heavy atom. The van der Waals surface area contributed by atoms with Crippen LogP contribution >= 0.6 is 0 Å². The number of ether oxygens (including phenoxy) is 2. The van der Waals surface area contributed by atoms with Crippen molar-refractivity contribution in [3.8, 4) is 0 Å². The molecule has 1 heterocycles. The Kier molecular flexibility index (Phi) is 8.56. The van der Waals surface area contributed by atoms with E-state index in [9.17, 15) is 9.59 Å². The van der Waals surface area contributed by atoms with Crippen molar-refractivity contribution in [1.82, 2.24) is 6.15 Å². The van der Waals surface area contributed by atoms with Gasteiger partial charge in [-0.25, -0.2) is 9.59 Å². The zero-order chi connectivity index (χ0) is 9.56. The molecule has 1 aliphatic heterocycles. The van der Waals surface area contributed by atoms with Crippen molar-refractivity contribution < 1.29 is 19.1 Å². The van der Waals surface area contributed by atoms with Gasteiger partial charge in [-0.15, -0.1) is 0 Å². The van der Waals surface area contributed by atoms with E-state index in [-0.39, 0.29) is 19.4 Å². The quantitative estimate of drug-likeness (QED) is 0.399. The molecule has 0 amide bonds. The van der Waals surface area contributed by atoms with Gasteiger partial charge in [0.25, 0.3) is 0 Å². The predicted octanol–water partition coefficient (Wildman–Crippen LogP) is -0.398. The summed E-state index contributed by atoms with van der Waals surface area (Å²) < 4.78 is 8.55. The normalized spacial score (nSPS) is 15.4. The molecule has 78 valence electrons. The fraction of sp³-hybridized carbons (Fsp3) is 0.714. The van der Waals surface area contributed by atoms with E-state index in [0.717, 1.165) is 0 Å². The molecular formula is C7H16N2O4. The maximum atomic E-state index is 10.1. The first-order valence-corrected chi connectivity index (χ1v) is 3.59. The summed E-state index contributed by atoms with van der Waals surface area (Å²) in [6.07, 6.45) is 0. The lowest BCUT2D eigenvalue weighted by Crippen LogP contribution is -2.28. The van der Waals surface area contributed by atoms with Crippen molar-refractivity contribution in [2.45, 2.75) is 19.9 Å². The van der Waals surface area contributed by atoms with Gasteiger partial charge in [-0.05, 0) is 6.04 Å². The number of rotatable bonds is 0. The zero-order valence-electron chi connectivity index (χ0n) is 7.91. The number of esters is 2. The number of hydrogen-bond donors (Lipinski definition) is 2. The van der Waals surface area contributed by atoms with Crippen LogP contribution in [0.15, 0.2) is 0 Å². The molecule has 0 aliphatic carbocycles. The van der Waals surface area contributed by atoms with Gasteiger partial charge in [0.15, 0.2) is 0 Å². The van der Waals surface area contributed by atoms with E-state index in [4.69, 9.17) is 5.73 Å². The molecule has 1 rings (SSSR count). The predicted molar refractivity (Wildman–Crippen MR) is 46.3 cm³/mol. The number of nitrogens with two attached hydrogens (primary N) is 1. The summed E-state index contributed by atoms with van der Waals surface area (Å²) in [4.78, 5) is 20.2. The molecule has 0 aromatic carbocycles. The first kappa shape index (κ1) is 14.5. The van der Waals surface area contributed by atoms with Gasteiger partial charge < -0.3 is 21.4 Å². The minimum absolute atomic E-state index is 0. The van der Waals surface area contributed by atoms with Gasteiger partial charge in [-0.1, -0.05) is 13.8 Å². The van der Waals surface area contributed by atoms with Crippen LogP contribution in [0.3, 0.4) is 0 Å². The van der Waals surface area contributed by atoms with Crippen molar-refractivity contribution in [2.24, 2.45) is 5.73 Å². The third-order valence-corrected chi connectivity index (χ3v) is 0.667. The highest BCUT2D eigenvalue weighted by molar-refractivity contribution is 5.88. The molecule has 0 saturated carbocycles. The number of carbonyl (C=O) groups excluding carboxylic acids is 2. The minimum Gasteiger partial charge on any atom is -0.390 e. The van der Waals surface area contributed by atoms with Crippen LogP contribution in [0, 0.1) is 0 Å². The summed E-state index contributed by atoms with van der Waals surface area (Å²) in [5.41, 5.74) is 5.11. The van der Waals surface area contributed by atoms with Crippen LogP contribution < -0.4 is 11.9 Å². The average molecular weight is 192 g/mol. The van der Waals surface area contributed by atoms with Crippen LogP contribution in [0.5, 0.6) is 0 Å². The lowest BCUT2D eigenvalue weighted by atomic mass is 10.5. The Hall–Kier alpha value is -0.980. The molecule has 0 aromatic heterocycles. The van der Waals surface area contributed by atoms with Gasteiger partial charge >= 0.3 is 11.9 Å². The molecular weight excluding hydrogens is 176 g/mol. The highest BCUT2D eigenvalue weighted by Gasteiger charge is 2.16. The third-order valence-electron chi connectivity index (χ3n) is 0.667. The second-order valence-corrected chi connectivity index (χ2v) is 2.58. The molecule has 1 aliphatic rings. The Morgan fingerprint density at radius 1 is 1.23 bits per heavy atom. The van der Waals surface area contributed by atoms with E-state index in [1.807, 2.05) is 13.8 Å². The van der Waals surface area contributed by atoms with Gasteiger partial charge in [-0.3, -0.25) is 0 Å². The zero-order valence-corrected chi connectivity index (χ0v) is 7.91. The molecule has 0 spiro atoms. The molecule has 5 N–H and O–H groups in total. The fourth-order valence-corrected chi connectivity index (χ4v) is 0.404. The van der Waals surface area contributed by atoms with Crippen molar-refractivity contribution in [2.75, 3.05) is 13.2 Å². The first-order valence-electron chi connectivity index (χ1n) is 3.59. The van der Waals surface area contributed by atoms with E-state index in [1.54, 1.807) is 0 Å². The van der Waals surface area contributed by atoms with Crippen LogP contribution in [0.25, 0.3) is 0 Å². The minimum atomic E-state index is -0.610. The van der Waals surface area contributed by atoms with Gasteiger partial charge in [0.05, 0.1) is 0 Å². The molecule has 0 unspecified atom stereocenters. The van der Waals surface area contributed by atoms with E-state index in [2.05, 4.69) is 9.47 Å². The summed E-state index contributed by atoms with van der Waals surface area (Å²) >= 11 is 0. The Balaban J connectivity index is 0. The Bertz CT molecular complexity index is 153. The van der Waals surface area contributed by atoms with Gasteiger partial charge in [-0.2, -0.15) is 0 Å². The molecule has 1 saturated heterocycles. The average Bonchev–Trinajstić information content (AvgIpc) is 1.84. The summed E-state index contributed by atoms with van der Waals surface area (Å²) in [5, 5.41) is 0. The maximum Gasteiger partial charge on any atom is 0.339 e. The molecule has 0 radical (unpaired) electrons. The molecule has 0 aromatic rings. The van der Waals surface area contributed by atoms with Crippen molar-refractivity contribution >= 4 is 11.9 Å². The SMILES string of the molecule is CC(C)N.N.O=C1COCC(=O)O1. The standard InChI is InChI=1S/C4H4O4.C3H9N.H3N/c5-3-1-7-2-4(6)8-3;1-3(2)4;/h1-2H2;3H,4H2,1-2H3;1H3. The van der Waals surface area contributed by atoms with Gasteiger partial charge in [0.2, 0.25) is 0 Å². The topological polar surface area (TPSA) is 114 Å². The molecule has 13 heavy (non-hydrogen) atoms. The van der Waals surface area contributed by atoms with Crippen molar-refractivity contribution in [3.05, 3.63) is 0 Å². The van der Waals surface area contributed by atoms with E-state index in [1.165, 1.54) is 0 Å². The monoisotopic (exact) mass is 192 g/mol. The molecule has 0 bridgehead atoms. The highest BCUT2D eigenvalue weighted by atomic mass is 16.6. The highest BCUT2D eigenvalue weighted by Crippen LogP contribution is 1.90. The van der Waals surface area contributed by atoms with Crippen molar-refractivity contribution in [1.29, 1.82) is 0 Å². The van der Waals surface area contributed by atoms with Crippen LogP contribution in [0.2, 0.25) is 0 Å². The number of carbonyl (C=O) groups is 2. The summed E-state index contributed by atoms with van der Waals surface area (Å²) in [5.74, 6) is -1.22. The molecule has 6 heteroatoms. The van der Waals surface area contributed by atoms with Crippen LogP contribution in [0.1, 0.15) is 13.8 Å². The first-order chi connectivity index (χ1) is 5.52. The second kappa shape index (κ2) is 7.66. The molecule has 0 atom stereocenters. The van der Waals surface area contributed by atoms with E-state index < -0.39 is 11.9 Å². The smallest absolute Gasteiger partial charge is 0.339 e.